The van der Waals surface area contributed by atoms with Crippen LogP contribution in [0.1, 0.15) is 45.9 Å². The maximum atomic E-state index is 11.5. The fourth-order valence-corrected chi connectivity index (χ4v) is 3.40. The van der Waals surface area contributed by atoms with Crippen molar-refractivity contribution in [3.63, 3.8) is 0 Å². The molecule has 1 fully saturated rings. The Balaban J connectivity index is 2.13. The predicted octanol–water partition coefficient (Wildman–Crippen LogP) is 2.61. The van der Waals surface area contributed by atoms with Crippen LogP contribution in [-0.4, -0.2) is 25.8 Å². The average Bonchev–Trinajstić information content (AvgIpc) is 2.85. The molecule has 3 unspecified atom stereocenters. The van der Waals surface area contributed by atoms with Gasteiger partial charge in [0.15, 0.2) is 0 Å². The molecule has 1 saturated carbocycles. The molecule has 1 aromatic rings. The number of rotatable bonds is 5. The zero-order chi connectivity index (χ0) is 14.7. The molecule has 0 aliphatic heterocycles. The molecule has 3 atom stereocenters. The fourth-order valence-electron chi connectivity index (χ4n) is 3.40. The molecular weight excluding hydrogens is 254 g/mol. The monoisotopic (exact) mass is 279 g/mol. The van der Waals surface area contributed by atoms with Gasteiger partial charge in [0.05, 0.1) is 5.92 Å². The van der Waals surface area contributed by atoms with Crippen LogP contribution in [-0.2, 0) is 17.8 Å². The number of nitrogens with zero attached hydrogens (tertiary/aromatic N) is 3. The summed E-state index contributed by atoms with van der Waals surface area (Å²) in [7, 11) is 0. The minimum atomic E-state index is -0.653. The molecule has 1 heterocycles. The maximum Gasteiger partial charge on any atom is 0.306 e. The number of aromatic nitrogens is 3. The normalized spacial score (nSPS) is 26.9. The second-order valence-corrected chi connectivity index (χ2v) is 6.22. The van der Waals surface area contributed by atoms with Crippen molar-refractivity contribution >= 4 is 5.97 Å². The zero-order valence-corrected chi connectivity index (χ0v) is 12.6. The van der Waals surface area contributed by atoms with Crippen LogP contribution >= 0.6 is 0 Å². The number of carboxylic acid groups (broad SMARTS) is 1. The van der Waals surface area contributed by atoms with Gasteiger partial charge < -0.3 is 5.11 Å². The quantitative estimate of drug-likeness (QED) is 0.899. The minimum Gasteiger partial charge on any atom is -0.481 e. The molecule has 1 aliphatic rings. The third kappa shape index (κ3) is 3.19. The summed E-state index contributed by atoms with van der Waals surface area (Å²) in [6.45, 7) is 7.28. The van der Waals surface area contributed by atoms with E-state index in [1.54, 1.807) is 6.33 Å². The summed E-state index contributed by atoms with van der Waals surface area (Å²) in [4.78, 5) is 15.8. The highest BCUT2D eigenvalue weighted by atomic mass is 16.4. The minimum absolute atomic E-state index is 0.183. The van der Waals surface area contributed by atoms with Crippen molar-refractivity contribution in [1.29, 1.82) is 0 Å². The van der Waals surface area contributed by atoms with E-state index in [0.29, 0.717) is 11.8 Å². The molecule has 1 N–H and O–H groups in total. The summed E-state index contributed by atoms with van der Waals surface area (Å²) >= 11 is 0. The topological polar surface area (TPSA) is 68.0 Å². The van der Waals surface area contributed by atoms with Crippen LogP contribution in [0.5, 0.6) is 0 Å². The average molecular weight is 279 g/mol. The molecule has 0 aromatic carbocycles. The van der Waals surface area contributed by atoms with Crippen molar-refractivity contribution in [3.05, 3.63) is 12.2 Å². The van der Waals surface area contributed by atoms with Gasteiger partial charge in [0.1, 0.15) is 12.2 Å². The summed E-state index contributed by atoms with van der Waals surface area (Å²) in [6, 6.07) is 0. The van der Waals surface area contributed by atoms with Gasteiger partial charge in [-0.05, 0) is 43.9 Å². The molecule has 112 valence electrons. The van der Waals surface area contributed by atoms with Crippen LogP contribution in [0.4, 0.5) is 0 Å². The Morgan fingerprint density at radius 2 is 2.25 bits per heavy atom. The van der Waals surface area contributed by atoms with E-state index in [1.165, 1.54) is 0 Å². The van der Waals surface area contributed by atoms with E-state index in [9.17, 15) is 9.90 Å². The van der Waals surface area contributed by atoms with Gasteiger partial charge in [0.25, 0.3) is 0 Å². The largest absolute Gasteiger partial charge is 0.481 e. The lowest BCUT2D eigenvalue weighted by atomic mass is 9.69. The van der Waals surface area contributed by atoms with Crippen LogP contribution in [0.3, 0.4) is 0 Å². The maximum absolute atomic E-state index is 11.5. The van der Waals surface area contributed by atoms with Crippen LogP contribution < -0.4 is 0 Å². The molecule has 0 spiro atoms. The van der Waals surface area contributed by atoms with E-state index in [1.807, 2.05) is 11.6 Å². The molecule has 0 saturated heterocycles. The first-order valence-electron chi connectivity index (χ1n) is 7.62. The molecule has 20 heavy (non-hydrogen) atoms. The Morgan fingerprint density at radius 1 is 1.50 bits per heavy atom. The van der Waals surface area contributed by atoms with Crippen molar-refractivity contribution < 1.29 is 9.90 Å². The second kappa shape index (κ2) is 6.37. The molecule has 5 nitrogen and oxygen atoms in total. The number of aliphatic carboxylic acids is 1. The lowest BCUT2D eigenvalue weighted by Crippen LogP contribution is -2.34. The third-order valence-corrected chi connectivity index (χ3v) is 4.72. The molecule has 0 radical (unpaired) electrons. The van der Waals surface area contributed by atoms with Crippen LogP contribution in [0, 0.1) is 23.7 Å². The van der Waals surface area contributed by atoms with Gasteiger partial charge in [-0.25, -0.2) is 4.98 Å². The highest BCUT2D eigenvalue weighted by Crippen LogP contribution is 2.39. The summed E-state index contributed by atoms with van der Waals surface area (Å²) in [5, 5.41) is 13.6. The van der Waals surface area contributed by atoms with Gasteiger partial charge in [0.2, 0.25) is 0 Å². The highest BCUT2D eigenvalue weighted by Gasteiger charge is 2.36. The number of carbonyl (C=O) groups is 1. The van der Waals surface area contributed by atoms with Crippen molar-refractivity contribution in [3.8, 4) is 0 Å². The highest BCUT2D eigenvalue weighted by molar-refractivity contribution is 5.70. The predicted molar refractivity (Wildman–Crippen MR) is 76.2 cm³/mol. The first kappa shape index (κ1) is 15.0. The first-order chi connectivity index (χ1) is 9.52. The van der Waals surface area contributed by atoms with Gasteiger partial charge >= 0.3 is 5.97 Å². The van der Waals surface area contributed by atoms with Gasteiger partial charge in [-0.15, -0.1) is 0 Å². The Morgan fingerprint density at radius 3 is 2.85 bits per heavy atom. The van der Waals surface area contributed by atoms with Crippen LogP contribution in [0.15, 0.2) is 6.33 Å². The first-order valence-corrected chi connectivity index (χ1v) is 7.62. The molecule has 5 heteroatoms. The van der Waals surface area contributed by atoms with E-state index in [2.05, 4.69) is 23.9 Å². The van der Waals surface area contributed by atoms with Gasteiger partial charge in [-0.3, -0.25) is 9.48 Å². The SMILES string of the molecule is CCn1ncnc1CC1CC(C(C)C)CCC1C(=O)O. The van der Waals surface area contributed by atoms with E-state index in [4.69, 9.17) is 0 Å². The lowest BCUT2D eigenvalue weighted by Gasteiger charge is -2.35. The third-order valence-electron chi connectivity index (χ3n) is 4.72. The lowest BCUT2D eigenvalue weighted by molar-refractivity contribution is -0.145. The van der Waals surface area contributed by atoms with Gasteiger partial charge in [-0.1, -0.05) is 13.8 Å². The number of hydrogen-bond acceptors (Lipinski definition) is 3. The van der Waals surface area contributed by atoms with Crippen molar-refractivity contribution in [2.75, 3.05) is 0 Å². The van der Waals surface area contributed by atoms with Gasteiger partial charge in [-0.2, -0.15) is 5.10 Å². The Hall–Kier alpha value is -1.39. The van der Waals surface area contributed by atoms with E-state index in [-0.39, 0.29) is 11.8 Å². The smallest absolute Gasteiger partial charge is 0.306 e. The van der Waals surface area contributed by atoms with Crippen molar-refractivity contribution in [2.45, 2.75) is 53.0 Å². The Kier molecular flexibility index (Phi) is 4.78. The van der Waals surface area contributed by atoms with E-state index < -0.39 is 5.97 Å². The standard InChI is InChI=1S/C15H25N3O2/c1-4-18-14(16-9-17-18)8-12-7-11(10(2)3)5-6-13(12)15(19)20/h9-13H,4-8H2,1-3H3,(H,19,20). The van der Waals surface area contributed by atoms with E-state index >= 15 is 0 Å². The van der Waals surface area contributed by atoms with Gasteiger partial charge in [0, 0.05) is 13.0 Å². The number of aryl methyl sites for hydroxylation is 1. The zero-order valence-electron chi connectivity index (χ0n) is 12.6. The fraction of sp³-hybridized carbons (Fsp3) is 0.800. The van der Waals surface area contributed by atoms with Crippen LogP contribution in [0.25, 0.3) is 0 Å². The molecule has 1 aliphatic carbocycles. The molecular formula is C15H25N3O2. The van der Waals surface area contributed by atoms with Crippen molar-refractivity contribution in [2.24, 2.45) is 23.7 Å². The second-order valence-electron chi connectivity index (χ2n) is 6.22. The number of hydrogen-bond donors (Lipinski definition) is 1. The molecule has 2 rings (SSSR count). The summed E-state index contributed by atoms with van der Waals surface area (Å²) in [5.74, 6) is 1.48. The van der Waals surface area contributed by atoms with Crippen LogP contribution in [0.2, 0.25) is 0 Å². The summed E-state index contributed by atoms with van der Waals surface area (Å²) < 4.78 is 1.87. The number of carboxylic acids is 1. The molecule has 0 amide bonds. The summed E-state index contributed by atoms with van der Waals surface area (Å²) in [5.41, 5.74) is 0. The van der Waals surface area contributed by atoms with E-state index in [0.717, 1.165) is 38.1 Å². The Labute approximate surface area is 120 Å². The summed E-state index contributed by atoms with van der Waals surface area (Å²) in [6.07, 6.45) is 5.12. The molecule has 0 bridgehead atoms. The van der Waals surface area contributed by atoms with Crippen molar-refractivity contribution in [1.82, 2.24) is 14.8 Å². The Bertz CT molecular complexity index is 456. The molecule has 1 aromatic heterocycles.